The maximum atomic E-state index is 3.06. The number of hydrogen-bond acceptors (Lipinski definition) is 0. The molecular formula is C24H26SiZr-4. The van der Waals surface area contributed by atoms with Gasteiger partial charge in [0.15, 0.2) is 0 Å². The molecule has 0 fully saturated rings. The summed E-state index contributed by atoms with van der Waals surface area (Å²) in [6.07, 6.45) is 11.1. The Morgan fingerprint density at radius 2 is 1.77 bits per heavy atom. The van der Waals surface area contributed by atoms with Crippen molar-refractivity contribution in [3.8, 4) is 11.1 Å². The van der Waals surface area contributed by atoms with Gasteiger partial charge in [-0.15, -0.1) is 41.0 Å². The van der Waals surface area contributed by atoms with Gasteiger partial charge in [-0.2, -0.15) is 12.1 Å². The molecule has 2 heteroatoms. The van der Waals surface area contributed by atoms with E-state index in [1.807, 2.05) is 12.2 Å². The van der Waals surface area contributed by atoms with Crippen LogP contribution in [0.2, 0.25) is 0 Å². The third-order valence-electron chi connectivity index (χ3n) is 3.89. The Balaban J connectivity index is 0.000000598. The Labute approximate surface area is 176 Å². The van der Waals surface area contributed by atoms with Gasteiger partial charge in [0.05, 0.1) is 0 Å². The third-order valence-corrected chi connectivity index (χ3v) is 3.89. The summed E-state index contributed by atoms with van der Waals surface area (Å²) in [5.74, 6) is 0. The fourth-order valence-corrected chi connectivity index (χ4v) is 2.71. The standard InChI is InChI=1S/C17H15.C5H5.2CH3.Si.Zr/c1-2-13-11-15-9-6-10-16(17(15)12-13)14-7-4-3-5-8-14;1-2-4-5-3-1;;;;/h3-12H,2H2,1H3;1-3H,4H2;2*1H3;;/q4*-1;;. The summed E-state index contributed by atoms with van der Waals surface area (Å²) in [4.78, 5) is 0. The van der Waals surface area contributed by atoms with Crippen molar-refractivity contribution in [2.45, 2.75) is 19.8 Å². The van der Waals surface area contributed by atoms with E-state index in [1.165, 1.54) is 50.8 Å². The molecule has 1 aliphatic rings. The fraction of sp³-hybridized carbons (Fsp3) is 0.125. The first-order valence-electron chi connectivity index (χ1n) is 8.09. The van der Waals surface area contributed by atoms with Gasteiger partial charge in [0.1, 0.15) is 0 Å². The van der Waals surface area contributed by atoms with Crippen molar-refractivity contribution < 1.29 is 23.3 Å². The quantitative estimate of drug-likeness (QED) is 0.315. The minimum atomic E-state index is 0. The molecule has 0 amide bonds. The second kappa shape index (κ2) is 13.8. The average molecular weight is 434 g/mol. The van der Waals surface area contributed by atoms with Crippen molar-refractivity contribution in [1.29, 1.82) is 0 Å². The first-order valence-corrected chi connectivity index (χ1v) is 12.3. The Bertz CT molecular complexity index is 803. The number of fused-ring (bicyclic) bond motifs is 1. The van der Waals surface area contributed by atoms with E-state index in [0.717, 1.165) is 12.8 Å². The molecule has 0 N–H and O–H groups in total. The summed E-state index contributed by atoms with van der Waals surface area (Å²) in [5, 5.41) is 2.72. The van der Waals surface area contributed by atoms with Crippen molar-refractivity contribution in [1.82, 2.24) is 0 Å². The SMILES string of the molecule is CCc1cc2c(-c3ccccc3)cccc2[cH-]1.[C-]1=CC=CC1.[CH3-].[CH3-].[Si]=[Zr]. The van der Waals surface area contributed by atoms with Crippen LogP contribution in [0.5, 0.6) is 0 Å². The van der Waals surface area contributed by atoms with Gasteiger partial charge < -0.3 is 14.9 Å². The zero-order chi connectivity index (χ0) is 17.2. The molecule has 134 valence electrons. The Hall–Kier alpha value is -1.37. The molecule has 0 heterocycles. The van der Waals surface area contributed by atoms with Crippen LogP contribution in [0.3, 0.4) is 0 Å². The first-order chi connectivity index (χ1) is 11.9. The zero-order valence-corrected chi connectivity index (χ0v) is 19.4. The zero-order valence-electron chi connectivity index (χ0n) is 15.9. The predicted molar refractivity (Wildman–Crippen MR) is 115 cm³/mol. The number of rotatable bonds is 2. The van der Waals surface area contributed by atoms with Crippen LogP contribution in [0.4, 0.5) is 0 Å². The molecule has 0 atom stereocenters. The van der Waals surface area contributed by atoms with Gasteiger partial charge in [-0.1, -0.05) is 48.9 Å². The molecule has 4 rings (SSSR count). The van der Waals surface area contributed by atoms with Crippen LogP contribution in [0.25, 0.3) is 21.9 Å². The summed E-state index contributed by atoms with van der Waals surface area (Å²) in [7, 11) is 0. The van der Waals surface area contributed by atoms with Crippen LogP contribution in [-0.4, -0.2) is 6.88 Å². The van der Waals surface area contributed by atoms with Crippen molar-refractivity contribution >= 4 is 17.7 Å². The summed E-state index contributed by atoms with van der Waals surface area (Å²) in [6, 6.07) is 21.8. The molecule has 0 saturated carbocycles. The Kier molecular flexibility index (Phi) is 13.1. The number of benzene rings is 2. The Morgan fingerprint density at radius 3 is 2.31 bits per heavy atom. The fourth-order valence-electron chi connectivity index (χ4n) is 2.71. The molecule has 0 aromatic heterocycles. The molecular weight excluding hydrogens is 408 g/mol. The molecule has 0 nitrogen and oxygen atoms in total. The summed E-state index contributed by atoms with van der Waals surface area (Å²) < 4.78 is 0. The van der Waals surface area contributed by atoms with Gasteiger partial charge in [-0.3, -0.25) is 6.08 Å². The summed E-state index contributed by atoms with van der Waals surface area (Å²) in [5.41, 5.74) is 4.05. The second-order valence-corrected chi connectivity index (χ2v) is 5.39. The summed E-state index contributed by atoms with van der Waals surface area (Å²) in [6.45, 7) is 5.27. The van der Waals surface area contributed by atoms with E-state index < -0.39 is 0 Å². The molecule has 26 heavy (non-hydrogen) atoms. The molecule has 2 radical (unpaired) electrons. The van der Waals surface area contributed by atoms with E-state index in [9.17, 15) is 0 Å². The molecule has 0 aliphatic heterocycles. The molecule has 0 spiro atoms. The second-order valence-electron chi connectivity index (χ2n) is 5.39. The average Bonchev–Trinajstić information content (AvgIpc) is 3.36. The molecule has 0 saturated heterocycles. The normalized spacial score (nSPS) is 10.6. The van der Waals surface area contributed by atoms with E-state index in [0.29, 0.717) is 0 Å². The van der Waals surface area contributed by atoms with Gasteiger partial charge in [0.25, 0.3) is 0 Å². The van der Waals surface area contributed by atoms with Crippen LogP contribution >= 0.6 is 0 Å². The van der Waals surface area contributed by atoms with Crippen molar-refractivity contribution in [3.63, 3.8) is 0 Å². The van der Waals surface area contributed by atoms with Gasteiger partial charge in [-0.25, -0.2) is 12.2 Å². The van der Waals surface area contributed by atoms with Crippen molar-refractivity contribution in [2.24, 2.45) is 0 Å². The Morgan fingerprint density at radius 1 is 1.04 bits per heavy atom. The van der Waals surface area contributed by atoms with Crippen LogP contribution in [0, 0.1) is 20.9 Å². The predicted octanol–water partition coefficient (Wildman–Crippen LogP) is 6.61. The molecule has 0 bridgehead atoms. The topological polar surface area (TPSA) is 0 Å². The van der Waals surface area contributed by atoms with Crippen LogP contribution < -0.4 is 0 Å². The van der Waals surface area contributed by atoms with Crippen molar-refractivity contribution in [2.75, 3.05) is 0 Å². The van der Waals surface area contributed by atoms with Gasteiger partial charge >= 0.3 is 30.2 Å². The van der Waals surface area contributed by atoms with Crippen LogP contribution in [0.1, 0.15) is 18.9 Å². The van der Waals surface area contributed by atoms with Crippen LogP contribution in [0.15, 0.2) is 78.9 Å². The van der Waals surface area contributed by atoms with Gasteiger partial charge in [0.2, 0.25) is 0 Å². The number of aryl methyl sites for hydroxylation is 1. The van der Waals surface area contributed by atoms with E-state index in [2.05, 4.69) is 86.6 Å². The van der Waals surface area contributed by atoms with Crippen molar-refractivity contribution in [3.05, 3.63) is 105 Å². The molecule has 3 aromatic rings. The molecule has 3 aromatic carbocycles. The van der Waals surface area contributed by atoms with Crippen LogP contribution in [-0.2, 0) is 29.8 Å². The number of hydrogen-bond donors (Lipinski definition) is 0. The third kappa shape index (κ3) is 6.74. The van der Waals surface area contributed by atoms with E-state index in [-0.39, 0.29) is 14.9 Å². The van der Waals surface area contributed by atoms with E-state index in [4.69, 9.17) is 0 Å². The minimum absolute atomic E-state index is 0. The molecule has 0 unspecified atom stereocenters. The monoisotopic (exact) mass is 432 g/mol. The van der Waals surface area contributed by atoms with Gasteiger partial charge in [0, 0.05) is 0 Å². The first kappa shape index (κ1) is 24.6. The number of allylic oxidation sites excluding steroid dienone is 4. The van der Waals surface area contributed by atoms with E-state index >= 15 is 0 Å². The van der Waals surface area contributed by atoms with Gasteiger partial charge in [-0.05, 0) is 12.0 Å². The maximum absolute atomic E-state index is 3.06. The van der Waals surface area contributed by atoms with E-state index in [1.54, 1.807) is 0 Å². The molecule has 1 aliphatic carbocycles. The summed E-state index contributed by atoms with van der Waals surface area (Å²) >= 11 is 1.36.